The minimum absolute atomic E-state index is 0.284. The molecule has 0 fully saturated rings. The lowest BCUT2D eigenvalue weighted by Gasteiger charge is -2.14. The van der Waals surface area contributed by atoms with Crippen LogP contribution in [0, 0.1) is 0 Å². The van der Waals surface area contributed by atoms with Crippen molar-refractivity contribution >= 4 is 0 Å². The summed E-state index contributed by atoms with van der Waals surface area (Å²) < 4.78 is 11.0. The SMILES string of the molecule is CCCCCNCC(C)OCCOCCC. The lowest BCUT2D eigenvalue weighted by Crippen LogP contribution is -2.28. The Hall–Kier alpha value is -0.120. The van der Waals surface area contributed by atoms with E-state index in [1.807, 2.05) is 0 Å². The van der Waals surface area contributed by atoms with Crippen LogP contribution in [0.15, 0.2) is 0 Å². The molecule has 0 aliphatic rings. The third-order valence-electron chi connectivity index (χ3n) is 2.37. The molecule has 1 atom stereocenters. The van der Waals surface area contributed by atoms with E-state index in [4.69, 9.17) is 9.47 Å². The molecule has 0 bridgehead atoms. The normalized spacial score (nSPS) is 12.9. The summed E-state index contributed by atoms with van der Waals surface area (Å²) in [5.74, 6) is 0. The summed E-state index contributed by atoms with van der Waals surface area (Å²) in [7, 11) is 0. The maximum absolute atomic E-state index is 5.61. The average Bonchev–Trinajstić information content (AvgIpc) is 2.28. The molecule has 0 radical (unpaired) electrons. The Bertz CT molecular complexity index is 117. The molecular weight excluding hydrogens is 202 g/mol. The van der Waals surface area contributed by atoms with E-state index in [0.29, 0.717) is 13.2 Å². The van der Waals surface area contributed by atoms with Crippen molar-refractivity contribution in [1.82, 2.24) is 5.32 Å². The van der Waals surface area contributed by atoms with Crippen molar-refractivity contribution in [2.75, 3.05) is 32.9 Å². The Morgan fingerprint density at radius 3 is 2.50 bits per heavy atom. The van der Waals surface area contributed by atoms with E-state index in [1.54, 1.807) is 0 Å². The van der Waals surface area contributed by atoms with Crippen LogP contribution >= 0.6 is 0 Å². The summed E-state index contributed by atoms with van der Waals surface area (Å²) in [6.07, 6.45) is 5.22. The summed E-state index contributed by atoms with van der Waals surface area (Å²) in [5, 5.41) is 3.41. The van der Waals surface area contributed by atoms with Gasteiger partial charge in [-0.15, -0.1) is 0 Å². The van der Waals surface area contributed by atoms with Gasteiger partial charge in [0.15, 0.2) is 0 Å². The largest absolute Gasteiger partial charge is 0.379 e. The fourth-order valence-electron chi connectivity index (χ4n) is 1.42. The fraction of sp³-hybridized carbons (Fsp3) is 1.00. The van der Waals surface area contributed by atoms with E-state index in [-0.39, 0.29) is 6.10 Å². The van der Waals surface area contributed by atoms with Gasteiger partial charge < -0.3 is 14.8 Å². The number of hydrogen-bond donors (Lipinski definition) is 1. The topological polar surface area (TPSA) is 30.5 Å². The van der Waals surface area contributed by atoms with E-state index < -0.39 is 0 Å². The van der Waals surface area contributed by atoms with Crippen molar-refractivity contribution in [1.29, 1.82) is 0 Å². The predicted octanol–water partition coefficient (Wildman–Crippen LogP) is 2.60. The Labute approximate surface area is 101 Å². The van der Waals surface area contributed by atoms with E-state index in [2.05, 4.69) is 26.1 Å². The van der Waals surface area contributed by atoms with Crippen LogP contribution in [-0.4, -0.2) is 39.0 Å². The zero-order valence-corrected chi connectivity index (χ0v) is 11.3. The fourth-order valence-corrected chi connectivity index (χ4v) is 1.42. The number of ether oxygens (including phenoxy) is 2. The quantitative estimate of drug-likeness (QED) is 0.524. The zero-order valence-electron chi connectivity index (χ0n) is 11.3. The molecule has 0 rings (SSSR count). The van der Waals surface area contributed by atoms with Gasteiger partial charge in [-0.2, -0.15) is 0 Å². The highest BCUT2D eigenvalue weighted by molar-refractivity contribution is 4.55. The molecule has 0 aromatic rings. The molecule has 0 aromatic heterocycles. The molecule has 0 aliphatic heterocycles. The molecule has 3 heteroatoms. The molecular formula is C13H29NO2. The Kier molecular flexibility index (Phi) is 12.9. The summed E-state index contributed by atoms with van der Waals surface area (Å²) in [5.41, 5.74) is 0. The van der Waals surface area contributed by atoms with E-state index in [9.17, 15) is 0 Å². The van der Waals surface area contributed by atoms with Gasteiger partial charge in [0.05, 0.1) is 19.3 Å². The summed E-state index contributed by atoms with van der Waals surface area (Å²) in [6, 6.07) is 0. The first kappa shape index (κ1) is 15.9. The number of rotatable bonds is 12. The van der Waals surface area contributed by atoms with Crippen LogP contribution in [0.1, 0.15) is 46.5 Å². The van der Waals surface area contributed by atoms with Crippen LogP contribution in [0.5, 0.6) is 0 Å². The van der Waals surface area contributed by atoms with E-state index in [1.165, 1.54) is 19.3 Å². The molecule has 16 heavy (non-hydrogen) atoms. The molecule has 0 saturated heterocycles. The number of nitrogens with one attached hydrogen (secondary N) is 1. The van der Waals surface area contributed by atoms with Crippen molar-refractivity contribution in [2.45, 2.75) is 52.6 Å². The number of unbranched alkanes of at least 4 members (excludes halogenated alkanes) is 2. The molecule has 0 spiro atoms. The van der Waals surface area contributed by atoms with Crippen LogP contribution in [-0.2, 0) is 9.47 Å². The highest BCUT2D eigenvalue weighted by Crippen LogP contribution is 1.93. The lowest BCUT2D eigenvalue weighted by atomic mass is 10.2. The van der Waals surface area contributed by atoms with Gasteiger partial charge in [-0.1, -0.05) is 26.7 Å². The standard InChI is InChI=1S/C13H29NO2/c1-4-6-7-8-14-12-13(3)16-11-10-15-9-5-2/h13-14H,4-12H2,1-3H3. The van der Waals surface area contributed by atoms with Crippen molar-refractivity contribution in [3.8, 4) is 0 Å². The summed E-state index contributed by atoms with van der Waals surface area (Å²) in [4.78, 5) is 0. The lowest BCUT2D eigenvalue weighted by molar-refractivity contribution is 0.0130. The van der Waals surface area contributed by atoms with Gasteiger partial charge in [0.1, 0.15) is 0 Å². The van der Waals surface area contributed by atoms with Crippen LogP contribution < -0.4 is 5.32 Å². The first-order valence-corrected chi connectivity index (χ1v) is 6.71. The zero-order chi connectivity index (χ0) is 12.1. The highest BCUT2D eigenvalue weighted by Gasteiger charge is 2.00. The van der Waals surface area contributed by atoms with Gasteiger partial charge in [-0.25, -0.2) is 0 Å². The third-order valence-corrected chi connectivity index (χ3v) is 2.37. The van der Waals surface area contributed by atoms with Crippen LogP contribution in [0.3, 0.4) is 0 Å². The molecule has 1 N–H and O–H groups in total. The third kappa shape index (κ3) is 12.0. The van der Waals surface area contributed by atoms with Gasteiger partial charge >= 0.3 is 0 Å². The Morgan fingerprint density at radius 1 is 1.00 bits per heavy atom. The average molecular weight is 231 g/mol. The van der Waals surface area contributed by atoms with Crippen LogP contribution in [0.2, 0.25) is 0 Å². The van der Waals surface area contributed by atoms with Crippen molar-refractivity contribution in [3.63, 3.8) is 0 Å². The smallest absolute Gasteiger partial charge is 0.0704 e. The second kappa shape index (κ2) is 12.9. The van der Waals surface area contributed by atoms with Gasteiger partial charge in [0.25, 0.3) is 0 Å². The molecule has 3 nitrogen and oxygen atoms in total. The van der Waals surface area contributed by atoms with Gasteiger partial charge in [-0.05, 0) is 26.3 Å². The Morgan fingerprint density at radius 2 is 1.81 bits per heavy atom. The van der Waals surface area contributed by atoms with Gasteiger partial charge in [-0.3, -0.25) is 0 Å². The van der Waals surface area contributed by atoms with Crippen LogP contribution in [0.4, 0.5) is 0 Å². The second-order valence-corrected chi connectivity index (χ2v) is 4.21. The predicted molar refractivity (Wildman–Crippen MR) is 68.9 cm³/mol. The van der Waals surface area contributed by atoms with E-state index >= 15 is 0 Å². The highest BCUT2D eigenvalue weighted by atomic mass is 16.5. The first-order chi connectivity index (χ1) is 7.81. The van der Waals surface area contributed by atoms with Gasteiger partial charge in [0, 0.05) is 13.2 Å². The molecule has 0 saturated carbocycles. The molecule has 1 unspecified atom stereocenters. The summed E-state index contributed by atoms with van der Waals surface area (Å²) in [6.45, 7) is 10.8. The van der Waals surface area contributed by atoms with Crippen molar-refractivity contribution in [2.24, 2.45) is 0 Å². The van der Waals surface area contributed by atoms with Crippen molar-refractivity contribution in [3.05, 3.63) is 0 Å². The maximum Gasteiger partial charge on any atom is 0.0704 e. The van der Waals surface area contributed by atoms with E-state index in [0.717, 1.165) is 26.1 Å². The molecule has 0 aromatic carbocycles. The Balaban J connectivity index is 3.09. The summed E-state index contributed by atoms with van der Waals surface area (Å²) >= 11 is 0. The monoisotopic (exact) mass is 231 g/mol. The van der Waals surface area contributed by atoms with Crippen molar-refractivity contribution < 1.29 is 9.47 Å². The molecule has 0 amide bonds. The molecule has 0 heterocycles. The molecule has 0 aliphatic carbocycles. The molecule has 98 valence electrons. The number of hydrogen-bond acceptors (Lipinski definition) is 3. The first-order valence-electron chi connectivity index (χ1n) is 6.71. The minimum Gasteiger partial charge on any atom is -0.379 e. The van der Waals surface area contributed by atoms with Gasteiger partial charge in [0.2, 0.25) is 0 Å². The van der Waals surface area contributed by atoms with Crippen LogP contribution in [0.25, 0.3) is 0 Å². The second-order valence-electron chi connectivity index (χ2n) is 4.21. The maximum atomic E-state index is 5.61. The minimum atomic E-state index is 0.284.